The SMILES string of the molecule is C=C(c1ccc(CN2CCN(C3=NC(C)C(C(C)=O)S3)C2=O)cc1)N1CCCCC1. The molecule has 2 amide bonds. The molecule has 30 heavy (non-hydrogen) atoms. The van der Waals surface area contributed by atoms with E-state index in [0.717, 1.165) is 29.9 Å². The van der Waals surface area contributed by atoms with Gasteiger partial charge in [0.25, 0.3) is 0 Å². The molecule has 1 aromatic rings. The Bertz CT molecular complexity index is 860. The topological polar surface area (TPSA) is 56.2 Å². The van der Waals surface area contributed by atoms with E-state index in [2.05, 4.69) is 40.7 Å². The quantitative estimate of drug-likeness (QED) is 0.718. The van der Waals surface area contributed by atoms with Gasteiger partial charge in [-0.3, -0.25) is 14.7 Å². The maximum Gasteiger partial charge on any atom is 0.326 e. The number of carbonyl (C=O) groups is 2. The fourth-order valence-corrected chi connectivity index (χ4v) is 5.49. The van der Waals surface area contributed by atoms with Crippen molar-refractivity contribution in [1.29, 1.82) is 0 Å². The van der Waals surface area contributed by atoms with Crippen molar-refractivity contribution in [2.45, 2.75) is 50.9 Å². The molecular weight excluding hydrogens is 396 g/mol. The number of aliphatic imine (C=N–C) groups is 1. The number of nitrogens with zero attached hydrogens (tertiary/aromatic N) is 4. The lowest BCUT2D eigenvalue weighted by atomic mass is 10.1. The van der Waals surface area contributed by atoms with Crippen LogP contribution in [0.2, 0.25) is 0 Å². The van der Waals surface area contributed by atoms with Gasteiger partial charge in [-0.05, 0) is 44.2 Å². The van der Waals surface area contributed by atoms with Crippen LogP contribution in [0.1, 0.15) is 44.2 Å². The number of ketones is 1. The van der Waals surface area contributed by atoms with Gasteiger partial charge < -0.3 is 9.80 Å². The third kappa shape index (κ3) is 4.26. The fraction of sp³-hybridized carbons (Fsp3) is 0.522. The van der Waals surface area contributed by atoms with Crippen LogP contribution in [0.3, 0.4) is 0 Å². The van der Waals surface area contributed by atoms with E-state index in [1.807, 2.05) is 11.8 Å². The number of amides is 2. The maximum absolute atomic E-state index is 12.9. The molecule has 2 saturated heterocycles. The zero-order chi connectivity index (χ0) is 21.3. The zero-order valence-electron chi connectivity index (χ0n) is 17.8. The van der Waals surface area contributed by atoms with Gasteiger partial charge in [-0.1, -0.05) is 42.6 Å². The van der Waals surface area contributed by atoms with Crippen molar-refractivity contribution in [2.75, 3.05) is 26.2 Å². The van der Waals surface area contributed by atoms with E-state index in [4.69, 9.17) is 0 Å². The first-order valence-corrected chi connectivity index (χ1v) is 11.7. The largest absolute Gasteiger partial charge is 0.372 e. The van der Waals surface area contributed by atoms with Gasteiger partial charge in [-0.15, -0.1) is 0 Å². The summed E-state index contributed by atoms with van der Waals surface area (Å²) in [5.74, 6) is 0.112. The van der Waals surface area contributed by atoms with Gasteiger partial charge in [0, 0.05) is 38.4 Å². The molecule has 0 spiro atoms. The van der Waals surface area contributed by atoms with Gasteiger partial charge in [0.15, 0.2) is 5.17 Å². The molecule has 0 bridgehead atoms. The summed E-state index contributed by atoms with van der Waals surface area (Å²) in [6.07, 6.45) is 3.78. The summed E-state index contributed by atoms with van der Waals surface area (Å²) in [5, 5.41) is 0.505. The summed E-state index contributed by atoms with van der Waals surface area (Å²) in [6.45, 7) is 11.8. The van der Waals surface area contributed by atoms with Crippen molar-refractivity contribution in [1.82, 2.24) is 14.7 Å². The Morgan fingerprint density at radius 3 is 2.47 bits per heavy atom. The summed E-state index contributed by atoms with van der Waals surface area (Å²) >= 11 is 1.42. The number of carbonyl (C=O) groups excluding carboxylic acids is 2. The molecule has 1 aromatic carbocycles. The Hall–Kier alpha value is -2.28. The number of likely N-dealkylation sites (tertiary alicyclic amines) is 1. The first-order valence-electron chi connectivity index (χ1n) is 10.8. The van der Waals surface area contributed by atoms with E-state index in [-0.39, 0.29) is 23.1 Å². The Kier molecular flexibility index (Phi) is 6.18. The molecule has 0 aliphatic carbocycles. The van der Waals surface area contributed by atoms with Gasteiger partial charge in [0.1, 0.15) is 5.78 Å². The smallest absolute Gasteiger partial charge is 0.326 e. The molecule has 3 aliphatic rings. The minimum atomic E-state index is -0.178. The van der Waals surface area contributed by atoms with Gasteiger partial charge in [-0.25, -0.2) is 4.79 Å². The number of benzene rings is 1. The summed E-state index contributed by atoms with van der Waals surface area (Å²) in [6, 6.07) is 8.30. The average molecular weight is 427 g/mol. The van der Waals surface area contributed by atoms with Crippen LogP contribution >= 0.6 is 11.8 Å². The van der Waals surface area contributed by atoms with Gasteiger partial charge in [0.2, 0.25) is 0 Å². The molecule has 0 radical (unpaired) electrons. The molecular formula is C23H30N4O2S. The van der Waals surface area contributed by atoms with E-state index in [1.165, 1.54) is 31.0 Å². The van der Waals surface area contributed by atoms with Crippen molar-refractivity contribution >= 4 is 34.4 Å². The number of amidine groups is 1. The van der Waals surface area contributed by atoms with Crippen LogP contribution in [-0.4, -0.2) is 69.2 Å². The summed E-state index contributed by atoms with van der Waals surface area (Å²) in [4.78, 5) is 35.2. The minimum Gasteiger partial charge on any atom is -0.372 e. The van der Waals surface area contributed by atoms with Crippen molar-refractivity contribution in [2.24, 2.45) is 4.99 Å². The van der Waals surface area contributed by atoms with Gasteiger partial charge in [-0.2, -0.15) is 0 Å². The normalized spacial score (nSPS) is 24.4. The zero-order valence-corrected chi connectivity index (χ0v) is 18.7. The third-order valence-corrected chi connectivity index (χ3v) is 7.63. The average Bonchev–Trinajstić information content (AvgIpc) is 3.31. The maximum atomic E-state index is 12.9. The van der Waals surface area contributed by atoms with E-state index in [1.54, 1.807) is 11.8 Å². The Balaban J connectivity index is 1.36. The predicted octanol–water partition coefficient (Wildman–Crippen LogP) is 3.83. The van der Waals surface area contributed by atoms with Crippen LogP contribution in [0.25, 0.3) is 5.70 Å². The van der Waals surface area contributed by atoms with E-state index < -0.39 is 0 Å². The number of Topliss-reactive ketones (excluding diaryl/α,β-unsaturated/α-hetero) is 1. The Morgan fingerprint density at radius 2 is 1.83 bits per heavy atom. The molecule has 2 atom stereocenters. The number of piperidine rings is 1. The van der Waals surface area contributed by atoms with E-state index >= 15 is 0 Å². The molecule has 7 heteroatoms. The molecule has 2 fully saturated rings. The molecule has 0 aromatic heterocycles. The number of thioether (sulfide) groups is 1. The number of rotatable bonds is 5. The third-order valence-electron chi connectivity index (χ3n) is 6.11. The lowest BCUT2D eigenvalue weighted by molar-refractivity contribution is -0.116. The summed E-state index contributed by atoms with van der Waals surface area (Å²) in [7, 11) is 0. The first-order chi connectivity index (χ1) is 14.4. The highest BCUT2D eigenvalue weighted by Crippen LogP contribution is 2.31. The molecule has 3 heterocycles. The molecule has 0 saturated carbocycles. The Labute approximate surface area is 183 Å². The Morgan fingerprint density at radius 1 is 1.13 bits per heavy atom. The van der Waals surface area contributed by atoms with Gasteiger partial charge in [0.05, 0.1) is 11.3 Å². The van der Waals surface area contributed by atoms with Crippen LogP contribution in [0.4, 0.5) is 4.79 Å². The second-order valence-corrected chi connectivity index (χ2v) is 9.46. The molecule has 160 valence electrons. The first kappa shape index (κ1) is 21.0. The molecule has 2 unspecified atom stereocenters. The number of hydrogen-bond donors (Lipinski definition) is 0. The van der Waals surface area contributed by atoms with Crippen LogP contribution in [-0.2, 0) is 11.3 Å². The fourth-order valence-electron chi connectivity index (χ4n) is 4.32. The van der Waals surface area contributed by atoms with Crippen molar-refractivity contribution in [3.05, 3.63) is 42.0 Å². The predicted molar refractivity (Wildman–Crippen MR) is 122 cm³/mol. The molecule has 4 rings (SSSR count). The van der Waals surface area contributed by atoms with Crippen LogP contribution < -0.4 is 0 Å². The molecule has 6 nitrogen and oxygen atoms in total. The van der Waals surface area contributed by atoms with Gasteiger partial charge >= 0.3 is 6.03 Å². The van der Waals surface area contributed by atoms with E-state index in [0.29, 0.717) is 24.8 Å². The molecule has 0 N–H and O–H groups in total. The molecule has 3 aliphatic heterocycles. The highest BCUT2D eigenvalue weighted by Gasteiger charge is 2.39. The summed E-state index contributed by atoms with van der Waals surface area (Å²) < 4.78 is 0. The lowest BCUT2D eigenvalue weighted by Crippen LogP contribution is -2.34. The standard InChI is InChI=1S/C23H30N4O2S/c1-16-21(18(3)28)30-22(24-16)27-14-13-26(23(27)29)15-19-7-9-20(10-8-19)17(2)25-11-5-4-6-12-25/h7-10,16,21H,2,4-6,11-15H2,1,3H3. The van der Waals surface area contributed by atoms with Crippen molar-refractivity contribution in [3.8, 4) is 0 Å². The summed E-state index contributed by atoms with van der Waals surface area (Å²) in [5.41, 5.74) is 3.35. The van der Waals surface area contributed by atoms with Crippen LogP contribution in [0, 0.1) is 0 Å². The minimum absolute atomic E-state index is 0.0283. The highest BCUT2D eigenvalue weighted by molar-refractivity contribution is 8.15. The number of hydrogen-bond acceptors (Lipinski definition) is 5. The second-order valence-electron chi connectivity index (χ2n) is 8.35. The lowest BCUT2D eigenvalue weighted by Gasteiger charge is -2.30. The van der Waals surface area contributed by atoms with Crippen molar-refractivity contribution in [3.63, 3.8) is 0 Å². The van der Waals surface area contributed by atoms with E-state index in [9.17, 15) is 9.59 Å². The van der Waals surface area contributed by atoms with Crippen molar-refractivity contribution < 1.29 is 9.59 Å². The monoisotopic (exact) mass is 426 g/mol. The number of urea groups is 1. The second kappa shape index (κ2) is 8.84. The highest BCUT2D eigenvalue weighted by atomic mass is 32.2. The van der Waals surface area contributed by atoms with Crippen LogP contribution in [0.5, 0.6) is 0 Å². The van der Waals surface area contributed by atoms with Crippen LogP contribution in [0.15, 0.2) is 35.8 Å².